The molecule has 2 rings (SSSR count). The Kier molecular flexibility index (Phi) is 10.2. The number of halogens is 1. The lowest BCUT2D eigenvalue weighted by atomic mass is 10.0. The van der Waals surface area contributed by atoms with Crippen LogP contribution in [0.1, 0.15) is 75.6 Å². The van der Waals surface area contributed by atoms with Crippen molar-refractivity contribution in [2.75, 3.05) is 11.9 Å². The van der Waals surface area contributed by atoms with E-state index in [1.807, 2.05) is 17.5 Å². The number of hydrogen-bond donors (Lipinski definition) is 1. The molecule has 0 bridgehead atoms. The predicted molar refractivity (Wildman–Crippen MR) is 122 cm³/mol. The van der Waals surface area contributed by atoms with Gasteiger partial charge in [-0.15, -0.1) is 11.3 Å². The van der Waals surface area contributed by atoms with Gasteiger partial charge in [0.25, 0.3) is 0 Å². The molecule has 0 aliphatic carbocycles. The fourth-order valence-corrected chi connectivity index (χ4v) is 4.23. The van der Waals surface area contributed by atoms with E-state index in [0.717, 1.165) is 24.0 Å². The van der Waals surface area contributed by atoms with Crippen LogP contribution in [0.2, 0.25) is 5.02 Å². The van der Waals surface area contributed by atoms with E-state index in [2.05, 4.69) is 12.2 Å². The zero-order valence-electron chi connectivity index (χ0n) is 17.3. The Morgan fingerprint density at radius 1 is 1.00 bits per heavy atom. The summed E-state index contributed by atoms with van der Waals surface area (Å²) in [7, 11) is 0. The second-order valence-corrected chi connectivity index (χ2v) is 8.32. The summed E-state index contributed by atoms with van der Waals surface area (Å²) in [5.74, 6) is -0.487. The second-order valence-electron chi connectivity index (χ2n) is 7.00. The van der Waals surface area contributed by atoms with Crippen molar-refractivity contribution in [1.29, 1.82) is 0 Å². The van der Waals surface area contributed by atoms with Crippen molar-refractivity contribution in [1.82, 2.24) is 0 Å². The molecule has 1 heterocycles. The summed E-state index contributed by atoms with van der Waals surface area (Å²) < 4.78 is 5.23. The summed E-state index contributed by atoms with van der Waals surface area (Å²) in [6.07, 6.45) is 8.58. The SMILES string of the molecule is CCCCCCCCCC(=O)Nc1scc(-c2ccc(Cl)cc2)c1C(=O)OCC. The molecule has 2 aromatic rings. The third kappa shape index (κ3) is 7.48. The van der Waals surface area contributed by atoms with Crippen LogP contribution in [0.3, 0.4) is 0 Å². The highest BCUT2D eigenvalue weighted by Gasteiger charge is 2.22. The van der Waals surface area contributed by atoms with Gasteiger partial charge in [-0.2, -0.15) is 0 Å². The number of benzene rings is 1. The summed E-state index contributed by atoms with van der Waals surface area (Å²) in [6, 6.07) is 7.28. The molecular formula is C23H30ClNO3S. The number of nitrogens with one attached hydrogen (secondary N) is 1. The highest BCUT2D eigenvalue weighted by molar-refractivity contribution is 7.15. The van der Waals surface area contributed by atoms with Gasteiger partial charge in [-0.3, -0.25) is 4.79 Å². The maximum absolute atomic E-state index is 12.6. The summed E-state index contributed by atoms with van der Waals surface area (Å²) >= 11 is 7.32. The van der Waals surface area contributed by atoms with E-state index in [-0.39, 0.29) is 12.5 Å². The molecule has 4 nitrogen and oxygen atoms in total. The Hall–Kier alpha value is -1.85. The lowest BCUT2D eigenvalue weighted by Crippen LogP contribution is -2.14. The van der Waals surface area contributed by atoms with Gasteiger partial charge in [-0.1, -0.05) is 69.2 Å². The molecule has 6 heteroatoms. The van der Waals surface area contributed by atoms with Gasteiger partial charge in [0.2, 0.25) is 5.91 Å². The molecule has 0 fully saturated rings. The lowest BCUT2D eigenvalue weighted by Gasteiger charge is -2.09. The normalized spacial score (nSPS) is 10.7. The molecule has 0 radical (unpaired) electrons. The first kappa shape index (κ1) is 23.4. The maximum atomic E-state index is 12.6. The van der Waals surface area contributed by atoms with E-state index < -0.39 is 5.97 Å². The molecule has 0 aliphatic rings. The summed E-state index contributed by atoms with van der Waals surface area (Å²) in [6.45, 7) is 4.25. The summed E-state index contributed by atoms with van der Waals surface area (Å²) in [4.78, 5) is 25.0. The van der Waals surface area contributed by atoms with Gasteiger partial charge in [0.15, 0.2) is 0 Å². The van der Waals surface area contributed by atoms with Crippen molar-refractivity contribution in [2.45, 2.75) is 65.2 Å². The molecular weight excluding hydrogens is 406 g/mol. The largest absolute Gasteiger partial charge is 0.462 e. The standard InChI is InChI=1S/C23H30ClNO3S/c1-3-5-6-7-8-9-10-11-20(26)25-22-21(23(27)28-4-2)19(16-29-22)17-12-14-18(24)15-13-17/h12-16H,3-11H2,1-2H3,(H,25,26). The zero-order valence-corrected chi connectivity index (χ0v) is 18.8. The smallest absolute Gasteiger partial charge is 0.341 e. The van der Waals surface area contributed by atoms with Crippen LogP contribution in [-0.2, 0) is 9.53 Å². The van der Waals surface area contributed by atoms with Crippen LogP contribution < -0.4 is 5.32 Å². The number of carbonyl (C=O) groups is 2. The molecule has 0 atom stereocenters. The number of unbranched alkanes of at least 4 members (excludes halogenated alkanes) is 6. The molecule has 0 saturated heterocycles. The van der Waals surface area contributed by atoms with Crippen LogP contribution in [-0.4, -0.2) is 18.5 Å². The van der Waals surface area contributed by atoms with Gasteiger partial charge in [0.1, 0.15) is 10.6 Å². The molecule has 1 aromatic heterocycles. The number of esters is 1. The Bertz CT molecular complexity index is 786. The van der Waals surface area contributed by atoms with Crippen molar-refractivity contribution in [3.05, 3.63) is 40.2 Å². The monoisotopic (exact) mass is 435 g/mol. The third-order valence-electron chi connectivity index (χ3n) is 4.69. The Morgan fingerprint density at radius 3 is 2.31 bits per heavy atom. The Morgan fingerprint density at radius 2 is 1.66 bits per heavy atom. The minimum absolute atomic E-state index is 0.0615. The topological polar surface area (TPSA) is 55.4 Å². The molecule has 158 valence electrons. The van der Waals surface area contributed by atoms with Gasteiger partial charge >= 0.3 is 5.97 Å². The molecule has 0 spiro atoms. The zero-order chi connectivity index (χ0) is 21.1. The molecule has 1 aromatic carbocycles. The van der Waals surface area contributed by atoms with Crippen LogP contribution >= 0.6 is 22.9 Å². The van der Waals surface area contributed by atoms with E-state index in [0.29, 0.717) is 22.0 Å². The predicted octanol–water partition coefficient (Wildman–Crippen LogP) is 7.32. The van der Waals surface area contributed by atoms with Crippen molar-refractivity contribution >= 4 is 39.8 Å². The number of anilines is 1. The van der Waals surface area contributed by atoms with Gasteiger partial charge in [0.05, 0.1) is 6.61 Å². The number of ether oxygens (including phenoxy) is 1. The van der Waals surface area contributed by atoms with Gasteiger partial charge in [-0.25, -0.2) is 4.79 Å². The van der Waals surface area contributed by atoms with Crippen molar-refractivity contribution < 1.29 is 14.3 Å². The first-order valence-corrected chi connectivity index (χ1v) is 11.7. The van der Waals surface area contributed by atoms with E-state index in [1.54, 1.807) is 19.1 Å². The van der Waals surface area contributed by atoms with E-state index >= 15 is 0 Å². The molecule has 29 heavy (non-hydrogen) atoms. The van der Waals surface area contributed by atoms with Crippen LogP contribution in [0.5, 0.6) is 0 Å². The number of amides is 1. The number of rotatable bonds is 12. The van der Waals surface area contributed by atoms with Crippen LogP contribution in [0.15, 0.2) is 29.6 Å². The van der Waals surface area contributed by atoms with Crippen molar-refractivity contribution in [2.24, 2.45) is 0 Å². The first-order valence-electron chi connectivity index (χ1n) is 10.4. The van der Waals surface area contributed by atoms with E-state index in [4.69, 9.17) is 16.3 Å². The summed E-state index contributed by atoms with van der Waals surface area (Å²) in [5, 5.41) is 5.96. The molecule has 1 amide bonds. The number of thiophene rings is 1. The van der Waals surface area contributed by atoms with Gasteiger partial charge in [0, 0.05) is 22.4 Å². The Balaban J connectivity index is 2.01. The van der Waals surface area contributed by atoms with E-state index in [1.165, 1.54) is 43.4 Å². The minimum atomic E-state index is -0.426. The molecule has 0 unspecified atom stereocenters. The quantitative estimate of drug-likeness (QED) is 0.280. The van der Waals surface area contributed by atoms with Crippen LogP contribution in [0.25, 0.3) is 11.1 Å². The van der Waals surface area contributed by atoms with Crippen LogP contribution in [0, 0.1) is 0 Å². The number of hydrogen-bond acceptors (Lipinski definition) is 4. The number of carbonyl (C=O) groups excluding carboxylic acids is 2. The molecule has 1 N–H and O–H groups in total. The maximum Gasteiger partial charge on any atom is 0.341 e. The fourth-order valence-electron chi connectivity index (χ4n) is 3.13. The summed E-state index contributed by atoms with van der Waals surface area (Å²) in [5.41, 5.74) is 2.02. The van der Waals surface area contributed by atoms with Crippen molar-refractivity contribution in [3.63, 3.8) is 0 Å². The van der Waals surface area contributed by atoms with Crippen LogP contribution in [0.4, 0.5) is 5.00 Å². The highest BCUT2D eigenvalue weighted by atomic mass is 35.5. The second kappa shape index (κ2) is 12.7. The Labute approximate surface area is 182 Å². The molecule has 0 aliphatic heterocycles. The van der Waals surface area contributed by atoms with Gasteiger partial charge in [-0.05, 0) is 31.0 Å². The highest BCUT2D eigenvalue weighted by Crippen LogP contribution is 2.36. The van der Waals surface area contributed by atoms with Crippen molar-refractivity contribution in [3.8, 4) is 11.1 Å². The van der Waals surface area contributed by atoms with E-state index in [9.17, 15) is 9.59 Å². The first-order chi connectivity index (χ1) is 14.1. The average Bonchev–Trinajstić information content (AvgIpc) is 3.11. The third-order valence-corrected chi connectivity index (χ3v) is 5.83. The average molecular weight is 436 g/mol. The minimum Gasteiger partial charge on any atom is -0.462 e. The molecule has 0 saturated carbocycles. The lowest BCUT2D eigenvalue weighted by molar-refractivity contribution is -0.116. The fraction of sp³-hybridized carbons (Fsp3) is 0.478. The van der Waals surface area contributed by atoms with Gasteiger partial charge < -0.3 is 10.1 Å².